The third-order valence-corrected chi connectivity index (χ3v) is 3.77. The number of carbonyl (C=O) groups excluding carboxylic acids is 1. The quantitative estimate of drug-likeness (QED) is 0.838. The Hall–Kier alpha value is -1.88. The van der Waals surface area contributed by atoms with Gasteiger partial charge in [0.2, 0.25) is 0 Å². The van der Waals surface area contributed by atoms with Gasteiger partial charge >= 0.3 is 0 Å². The lowest BCUT2D eigenvalue weighted by Crippen LogP contribution is -2.32. The molecule has 0 radical (unpaired) electrons. The molecule has 3 nitrogen and oxygen atoms in total. The van der Waals surface area contributed by atoms with Gasteiger partial charge in [-0.3, -0.25) is 4.79 Å². The molecule has 0 saturated heterocycles. The standard InChI is InChI=1S/C16H16BrFN2O/c1-2-9-20(15-6-4-3-5-14(15)19)16(21)12-10-11(18)7-8-13(12)17/h3-8,10H,2,9,19H2,1H3. The van der Waals surface area contributed by atoms with E-state index in [0.29, 0.717) is 22.4 Å². The van der Waals surface area contributed by atoms with Crippen molar-refractivity contribution in [2.45, 2.75) is 13.3 Å². The minimum absolute atomic E-state index is 0.277. The molecule has 0 fully saturated rings. The fourth-order valence-electron chi connectivity index (χ4n) is 2.10. The predicted molar refractivity (Wildman–Crippen MR) is 86.9 cm³/mol. The molecule has 0 aliphatic rings. The molecule has 2 N–H and O–H groups in total. The maximum absolute atomic E-state index is 13.4. The first-order valence-corrected chi connectivity index (χ1v) is 7.45. The van der Waals surface area contributed by atoms with Gasteiger partial charge in [0, 0.05) is 11.0 Å². The van der Waals surface area contributed by atoms with E-state index in [2.05, 4.69) is 15.9 Å². The largest absolute Gasteiger partial charge is 0.397 e. The summed E-state index contributed by atoms with van der Waals surface area (Å²) in [6.45, 7) is 2.48. The van der Waals surface area contributed by atoms with Crippen molar-refractivity contribution < 1.29 is 9.18 Å². The fraction of sp³-hybridized carbons (Fsp3) is 0.188. The van der Waals surface area contributed by atoms with Gasteiger partial charge in [-0.05, 0) is 52.7 Å². The zero-order valence-electron chi connectivity index (χ0n) is 11.6. The molecular weight excluding hydrogens is 335 g/mol. The lowest BCUT2D eigenvalue weighted by atomic mass is 10.1. The van der Waals surface area contributed by atoms with Crippen LogP contribution in [0.2, 0.25) is 0 Å². The van der Waals surface area contributed by atoms with Gasteiger partial charge in [0.25, 0.3) is 5.91 Å². The van der Waals surface area contributed by atoms with E-state index in [1.54, 1.807) is 17.0 Å². The number of nitrogen functional groups attached to an aromatic ring is 1. The average molecular weight is 351 g/mol. The number of anilines is 2. The molecule has 2 aromatic carbocycles. The molecule has 110 valence electrons. The molecule has 0 atom stereocenters. The third kappa shape index (κ3) is 3.42. The zero-order chi connectivity index (χ0) is 15.4. The molecular formula is C16H16BrFN2O. The molecule has 2 rings (SSSR count). The molecule has 0 saturated carbocycles. The maximum Gasteiger partial charge on any atom is 0.259 e. The zero-order valence-corrected chi connectivity index (χ0v) is 13.2. The van der Waals surface area contributed by atoms with Crippen molar-refractivity contribution in [1.29, 1.82) is 0 Å². The highest BCUT2D eigenvalue weighted by atomic mass is 79.9. The topological polar surface area (TPSA) is 46.3 Å². The average Bonchev–Trinajstić information content (AvgIpc) is 2.47. The molecule has 0 bridgehead atoms. The van der Waals surface area contributed by atoms with Crippen LogP contribution in [0.25, 0.3) is 0 Å². The Morgan fingerprint density at radius 1 is 1.29 bits per heavy atom. The van der Waals surface area contributed by atoms with Crippen LogP contribution in [0, 0.1) is 5.82 Å². The summed E-state index contributed by atoms with van der Waals surface area (Å²) in [5.41, 5.74) is 7.40. The number of amides is 1. The van der Waals surface area contributed by atoms with Gasteiger partial charge in [0.1, 0.15) is 5.82 Å². The molecule has 0 spiro atoms. The smallest absolute Gasteiger partial charge is 0.259 e. The molecule has 21 heavy (non-hydrogen) atoms. The van der Waals surface area contributed by atoms with Crippen LogP contribution in [0.4, 0.5) is 15.8 Å². The first-order valence-electron chi connectivity index (χ1n) is 6.66. The van der Waals surface area contributed by atoms with E-state index in [-0.39, 0.29) is 11.5 Å². The Kier molecular flexibility index (Phi) is 4.96. The summed E-state index contributed by atoms with van der Waals surface area (Å²) in [7, 11) is 0. The number of nitrogens with zero attached hydrogens (tertiary/aromatic N) is 1. The summed E-state index contributed by atoms with van der Waals surface area (Å²) < 4.78 is 14.0. The van der Waals surface area contributed by atoms with Crippen LogP contribution < -0.4 is 10.6 Å². The lowest BCUT2D eigenvalue weighted by molar-refractivity contribution is 0.0986. The van der Waals surface area contributed by atoms with Gasteiger partial charge in [-0.25, -0.2) is 4.39 Å². The van der Waals surface area contributed by atoms with E-state index in [1.807, 2.05) is 19.1 Å². The number of rotatable bonds is 4. The Bertz CT molecular complexity index is 660. The predicted octanol–water partition coefficient (Wildman–Crippen LogP) is 4.23. The number of halogens is 2. The van der Waals surface area contributed by atoms with E-state index in [1.165, 1.54) is 18.2 Å². The molecule has 0 aliphatic heterocycles. The molecule has 0 unspecified atom stereocenters. The van der Waals surface area contributed by atoms with E-state index in [0.717, 1.165) is 6.42 Å². The first kappa shape index (κ1) is 15.5. The van der Waals surface area contributed by atoms with Crippen LogP contribution in [-0.4, -0.2) is 12.5 Å². The van der Waals surface area contributed by atoms with Gasteiger partial charge < -0.3 is 10.6 Å². The third-order valence-electron chi connectivity index (χ3n) is 3.08. The second kappa shape index (κ2) is 6.72. The Morgan fingerprint density at radius 3 is 2.67 bits per heavy atom. The minimum Gasteiger partial charge on any atom is -0.397 e. The van der Waals surface area contributed by atoms with Gasteiger partial charge in [0.15, 0.2) is 0 Å². The van der Waals surface area contributed by atoms with Gasteiger partial charge in [-0.2, -0.15) is 0 Å². The van der Waals surface area contributed by atoms with Crippen LogP contribution in [0.15, 0.2) is 46.9 Å². The van der Waals surface area contributed by atoms with Crippen LogP contribution in [0.5, 0.6) is 0 Å². The fourth-order valence-corrected chi connectivity index (χ4v) is 2.51. The molecule has 5 heteroatoms. The van der Waals surface area contributed by atoms with Crippen molar-refractivity contribution in [1.82, 2.24) is 0 Å². The minimum atomic E-state index is -0.445. The Morgan fingerprint density at radius 2 is 2.00 bits per heavy atom. The summed E-state index contributed by atoms with van der Waals surface area (Å²) in [4.78, 5) is 14.3. The summed E-state index contributed by atoms with van der Waals surface area (Å²) in [6, 6.07) is 11.2. The Labute approximate surface area is 131 Å². The Balaban J connectivity index is 2.45. The number of carbonyl (C=O) groups is 1. The van der Waals surface area contributed by atoms with Crippen LogP contribution in [0.1, 0.15) is 23.7 Å². The maximum atomic E-state index is 13.4. The molecule has 0 aliphatic carbocycles. The van der Waals surface area contributed by atoms with E-state index < -0.39 is 5.82 Å². The SMILES string of the molecule is CCCN(C(=O)c1cc(F)ccc1Br)c1ccccc1N. The van der Waals surface area contributed by atoms with Crippen molar-refractivity contribution in [3.63, 3.8) is 0 Å². The molecule has 2 aromatic rings. The van der Waals surface area contributed by atoms with E-state index in [4.69, 9.17) is 5.73 Å². The summed E-state index contributed by atoms with van der Waals surface area (Å²) in [6.07, 6.45) is 0.771. The highest BCUT2D eigenvalue weighted by molar-refractivity contribution is 9.10. The van der Waals surface area contributed by atoms with Crippen molar-refractivity contribution in [2.24, 2.45) is 0 Å². The summed E-state index contributed by atoms with van der Waals surface area (Å²) in [5, 5.41) is 0. The number of nitrogens with two attached hydrogens (primary N) is 1. The normalized spacial score (nSPS) is 10.4. The van der Waals surface area contributed by atoms with Gasteiger partial charge in [-0.1, -0.05) is 19.1 Å². The number of hydrogen-bond acceptors (Lipinski definition) is 2. The monoisotopic (exact) mass is 350 g/mol. The van der Waals surface area contributed by atoms with E-state index in [9.17, 15) is 9.18 Å². The summed E-state index contributed by atoms with van der Waals surface area (Å²) in [5.74, 6) is -0.722. The second-order valence-electron chi connectivity index (χ2n) is 4.64. The van der Waals surface area contributed by atoms with E-state index >= 15 is 0 Å². The number of para-hydroxylation sites is 2. The van der Waals surface area contributed by atoms with Crippen molar-refractivity contribution >= 4 is 33.2 Å². The van der Waals surface area contributed by atoms with Crippen molar-refractivity contribution in [3.8, 4) is 0 Å². The van der Waals surface area contributed by atoms with Crippen LogP contribution in [-0.2, 0) is 0 Å². The van der Waals surface area contributed by atoms with Crippen LogP contribution in [0.3, 0.4) is 0 Å². The molecule has 0 aromatic heterocycles. The second-order valence-corrected chi connectivity index (χ2v) is 5.49. The lowest BCUT2D eigenvalue weighted by Gasteiger charge is -2.24. The van der Waals surface area contributed by atoms with Crippen molar-refractivity contribution in [3.05, 3.63) is 58.3 Å². The highest BCUT2D eigenvalue weighted by Crippen LogP contribution is 2.27. The number of hydrogen-bond donors (Lipinski definition) is 1. The highest BCUT2D eigenvalue weighted by Gasteiger charge is 2.21. The van der Waals surface area contributed by atoms with Gasteiger partial charge in [-0.15, -0.1) is 0 Å². The number of benzene rings is 2. The first-order chi connectivity index (χ1) is 10.0. The van der Waals surface area contributed by atoms with Crippen molar-refractivity contribution in [2.75, 3.05) is 17.2 Å². The molecule has 0 heterocycles. The van der Waals surface area contributed by atoms with Crippen LogP contribution >= 0.6 is 15.9 Å². The molecule has 1 amide bonds. The van der Waals surface area contributed by atoms with Gasteiger partial charge in [0.05, 0.1) is 16.9 Å². The summed E-state index contributed by atoms with van der Waals surface area (Å²) >= 11 is 3.30.